The van der Waals surface area contributed by atoms with Gasteiger partial charge < -0.3 is 0 Å². The number of hydrogen-bond donors (Lipinski definition) is 0. The Hall–Kier alpha value is -2.74. The first kappa shape index (κ1) is 20.0. The van der Waals surface area contributed by atoms with E-state index in [1.807, 2.05) is 42.5 Å². The van der Waals surface area contributed by atoms with Gasteiger partial charge in [0.25, 0.3) is 0 Å². The van der Waals surface area contributed by atoms with Crippen LogP contribution >= 0.6 is 0 Å². The van der Waals surface area contributed by atoms with Crippen LogP contribution in [0.15, 0.2) is 66.7 Å². The van der Waals surface area contributed by atoms with Crippen LogP contribution in [-0.4, -0.2) is 0 Å². The normalized spacial score (nSPS) is 12.4. The minimum absolute atomic E-state index is 0.00810. The highest BCUT2D eigenvalue weighted by Crippen LogP contribution is 2.24. The summed E-state index contributed by atoms with van der Waals surface area (Å²) in [6, 6.07) is 21.0. The van der Waals surface area contributed by atoms with Crippen molar-refractivity contribution in [3.63, 3.8) is 0 Å². The Morgan fingerprint density at radius 2 is 1.46 bits per heavy atom. The molecule has 2 heteroatoms. The molecule has 0 amide bonds. The molecule has 0 spiro atoms. The van der Waals surface area contributed by atoms with E-state index >= 15 is 0 Å². The van der Waals surface area contributed by atoms with E-state index in [2.05, 4.69) is 26.0 Å². The first-order valence-electron chi connectivity index (χ1n) is 9.86. The molecular weight excluding hydrogens is 350 g/mol. The van der Waals surface area contributed by atoms with E-state index in [1.54, 1.807) is 6.08 Å². The predicted octanol–water partition coefficient (Wildman–Crippen LogP) is 7.43. The van der Waals surface area contributed by atoms with Crippen LogP contribution in [0.25, 0.3) is 12.2 Å². The molecule has 3 rings (SSSR count). The number of rotatable bonds is 7. The second-order valence-corrected chi connectivity index (χ2v) is 7.31. The van der Waals surface area contributed by atoms with E-state index in [4.69, 9.17) is 0 Å². The van der Waals surface area contributed by atoms with Gasteiger partial charge >= 0.3 is 0 Å². The highest BCUT2D eigenvalue weighted by Gasteiger charge is 2.12. The molecule has 0 aromatic heterocycles. The van der Waals surface area contributed by atoms with E-state index in [1.165, 1.54) is 29.3 Å². The summed E-state index contributed by atoms with van der Waals surface area (Å²) in [7, 11) is 0. The van der Waals surface area contributed by atoms with Gasteiger partial charge in [0.05, 0.1) is 0 Å². The number of halogens is 2. The molecule has 3 aromatic carbocycles. The summed E-state index contributed by atoms with van der Waals surface area (Å²) in [4.78, 5) is 0. The lowest BCUT2D eigenvalue weighted by molar-refractivity contribution is 0.573. The maximum Gasteiger partial charge on any atom is 0.133 e. The molecule has 0 aliphatic rings. The van der Waals surface area contributed by atoms with Gasteiger partial charge in [0.2, 0.25) is 0 Å². The second-order valence-electron chi connectivity index (χ2n) is 7.31. The standard InChI is InChI=1S/C26H26F2/c1-3-7-20-10-12-21(13-11-20)14-15-24-25(27)17-22(18-26(24)28)16-19(2)23-8-5-4-6-9-23/h4-6,8-15,17-19H,3,7,16H2,1-2H3/t19-/m0/s1. The van der Waals surface area contributed by atoms with Crippen molar-refractivity contribution < 1.29 is 8.78 Å². The van der Waals surface area contributed by atoms with Crippen molar-refractivity contribution >= 4 is 12.2 Å². The highest BCUT2D eigenvalue weighted by atomic mass is 19.1. The van der Waals surface area contributed by atoms with Gasteiger partial charge in [-0.05, 0) is 59.2 Å². The van der Waals surface area contributed by atoms with Crippen LogP contribution in [0.4, 0.5) is 8.78 Å². The van der Waals surface area contributed by atoms with Gasteiger partial charge in [0.15, 0.2) is 0 Å². The molecule has 0 heterocycles. The van der Waals surface area contributed by atoms with E-state index in [-0.39, 0.29) is 11.5 Å². The van der Waals surface area contributed by atoms with E-state index in [9.17, 15) is 8.78 Å². The highest BCUT2D eigenvalue weighted by molar-refractivity contribution is 5.70. The molecular formula is C26H26F2. The zero-order chi connectivity index (χ0) is 19.9. The fourth-order valence-electron chi connectivity index (χ4n) is 3.43. The Morgan fingerprint density at radius 1 is 0.821 bits per heavy atom. The van der Waals surface area contributed by atoms with Crippen LogP contribution in [0.2, 0.25) is 0 Å². The third-order valence-electron chi connectivity index (χ3n) is 5.01. The first-order chi connectivity index (χ1) is 13.6. The van der Waals surface area contributed by atoms with Gasteiger partial charge in [0, 0.05) is 5.56 Å². The summed E-state index contributed by atoms with van der Waals surface area (Å²) >= 11 is 0. The SMILES string of the molecule is CCCc1ccc(C=Cc2c(F)cc(C[C@H](C)c3ccccc3)cc2F)cc1. The van der Waals surface area contributed by atoms with Crippen LogP contribution in [0.5, 0.6) is 0 Å². The zero-order valence-corrected chi connectivity index (χ0v) is 16.5. The molecule has 0 aliphatic heterocycles. The van der Waals surface area contributed by atoms with Crippen LogP contribution < -0.4 is 0 Å². The van der Waals surface area contributed by atoms with Gasteiger partial charge in [-0.3, -0.25) is 0 Å². The zero-order valence-electron chi connectivity index (χ0n) is 16.5. The van der Waals surface area contributed by atoms with Crippen molar-refractivity contribution in [3.05, 3.63) is 106 Å². The monoisotopic (exact) mass is 376 g/mol. The average molecular weight is 376 g/mol. The van der Waals surface area contributed by atoms with Gasteiger partial charge in [0.1, 0.15) is 11.6 Å². The second kappa shape index (κ2) is 9.45. The third-order valence-corrected chi connectivity index (χ3v) is 5.01. The van der Waals surface area contributed by atoms with Crippen molar-refractivity contribution in [2.75, 3.05) is 0 Å². The number of aryl methyl sites for hydroxylation is 1. The van der Waals surface area contributed by atoms with Crippen LogP contribution in [0, 0.1) is 11.6 Å². The van der Waals surface area contributed by atoms with Gasteiger partial charge in [-0.15, -0.1) is 0 Å². The molecule has 0 bridgehead atoms. The summed E-state index contributed by atoms with van der Waals surface area (Å²) < 4.78 is 29.1. The summed E-state index contributed by atoms with van der Waals surface area (Å²) in [6.07, 6.45) is 6.01. The fourth-order valence-corrected chi connectivity index (χ4v) is 3.43. The minimum atomic E-state index is -0.519. The number of benzene rings is 3. The first-order valence-corrected chi connectivity index (χ1v) is 9.86. The van der Waals surface area contributed by atoms with E-state index < -0.39 is 11.6 Å². The lowest BCUT2D eigenvalue weighted by atomic mass is 9.93. The van der Waals surface area contributed by atoms with Crippen LogP contribution in [-0.2, 0) is 12.8 Å². The van der Waals surface area contributed by atoms with E-state index in [0.717, 1.165) is 18.4 Å². The molecule has 0 aliphatic carbocycles. The average Bonchev–Trinajstić information content (AvgIpc) is 2.69. The topological polar surface area (TPSA) is 0 Å². The molecule has 28 heavy (non-hydrogen) atoms. The molecule has 0 N–H and O–H groups in total. The Bertz CT molecular complexity index is 901. The minimum Gasteiger partial charge on any atom is -0.206 e. The Kier molecular flexibility index (Phi) is 6.76. The summed E-state index contributed by atoms with van der Waals surface area (Å²) in [5.41, 5.74) is 4.05. The molecule has 0 unspecified atom stereocenters. The molecule has 1 atom stereocenters. The molecule has 0 saturated carbocycles. The molecule has 3 aromatic rings. The van der Waals surface area contributed by atoms with Gasteiger partial charge in [-0.25, -0.2) is 8.78 Å². The maximum atomic E-state index is 14.5. The largest absolute Gasteiger partial charge is 0.206 e. The van der Waals surface area contributed by atoms with Crippen molar-refractivity contribution in [1.82, 2.24) is 0 Å². The lowest BCUT2D eigenvalue weighted by Crippen LogP contribution is -2.01. The Balaban J connectivity index is 1.74. The van der Waals surface area contributed by atoms with Crippen molar-refractivity contribution in [2.24, 2.45) is 0 Å². The summed E-state index contributed by atoms with van der Waals surface area (Å²) in [5.74, 6) is -0.841. The smallest absolute Gasteiger partial charge is 0.133 e. The quantitative estimate of drug-likeness (QED) is 0.376. The summed E-state index contributed by atoms with van der Waals surface area (Å²) in [6.45, 7) is 4.21. The molecule has 144 valence electrons. The summed E-state index contributed by atoms with van der Waals surface area (Å²) in [5, 5.41) is 0. The van der Waals surface area contributed by atoms with Crippen LogP contribution in [0.1, 0.15) is 54.0 Å². The third kappa shape index (κ3) is 5.16. The number of hydrogen-bond acceptors (Lipinski definition) is 0. The fraction of sp³-hybridized carbons (Fsp3) is 0.231. The predicted molar refractivity (Wildman–Crippen MR) is 114 cm³/mol. The lowest BCUT2D eigenvalue weighted by Gasteiger charge is -2.13. The van der Waals surface area contributed by atoms with Crippen molar-refractivity contribution in [2.45, 2.75) is 39.0 Å². The Labute approximate surface area is 166 Å². The van der Waals surface area contributed by atoms with Crippen molar-refractivity contribution in [1.29, 1.82) is 0 Å². The van der Waals surface area contributed by atoms with Gasteiger partial charge in [-0.1, -0.05) is 80.9 Å². The molecule has 0 nitrogen and oxygen atoms in total. The van der Waals surface area contributed by atoms with Gasteiger partial charge in [-0.2, -0.15) is 0 Å². The Morgan fingerprint density at radius 3 is 2.07 bits per heavy atom. The maximum absolute atomic E-state index is 14.5. The van der Waals surface area contributed by atoms with Crippen LogP contribution in [0.3, 0.4) is 0 Å². The molecule has 0 radical (unpaired) electrons. The molecule has 0 fully saturated rings. The van der Waals surface area contributed by atoms with Crippen molar-refractivity contribution in [3.8, 4) is 0 Å². The molecule has 0 saturated heterocycles. The van der Waals surface area contributed by atoms with E-state index in [0.29, 0.717) is 12.0 Å².